The first kappa shape index (κ1) is 53.9. The van der Waals surface area contributed by atoms with Crippen LogP contribution in [0.1, 0.15) is 105 Å². The molecule has 82 heavy (non-hydrogen) atoms. The van der Waals surface area contributed by atoms with E-state index in [0.717, 1.165) is 34.1 Å². The molecule has 12 aromatic carbocycles. The van der Waals surface area contributed by atoms with Crippen LogP contribution in [-0.2, 0) is 21.7 Å². The van der Waals surface area contributed by atoms with Gasteiger partial charge in [0.2, 0.25) is 0 Å². The standard InChI is InChI=1S/C80H76N2/c1-77(2,3)63-33-13-53(14-34-63)57-21-41-67(42-22-57)81(68-43-23-58(24-44-68)54-15-35-64(36-16-54)78(4,5)6)73-51-31-61-30-50-72-74(52-32-62-29-49-71(73)75(61)76(62)72)82(69-45-25-59(26-46-69)55-17-37-65(38-18-55)79(7,8)9)70-47-27-60(28-48-70)56-19-39-66(40-20-56)80(10,11)12/h13-52H,1-12H3. The van der Waals surface area contributed by atoms with Crippen molar-refractivity contribution >= 4 is 66.4 Å². The molecule has 2 heteroatoms. The molecule has 12 aromatic rings. The summed E-state index contributed by atoms with van der Waals surface area (Å²) in [5.41, 5.74) is 22.0. The van der Waals surface area contributed by atoms with Gasteiger partial charge in [-0.1, -0.05) is 265 Å². The molecule has 12 rings (SSSR count). The van der Waals surface area contributed by atoms with E-state index in [1.807, 2.05) is 0 Å². The van der Waals surface area contributed by atoms with Crippen molar-refractivity contribution in [3.8, 4) is 44.5 Å². The topological polar surface area (TPSA) is 6.48 Å². The fourth-order valence-electron chi connectivity index (χ4n) is 11.9. The second kappa shape index (κ2) is 20.7. The highest BCUT2D eigenvalue weighted by Gasteiger charge is 2.24. The van der Waals surface area contributed by atoms with E-state index in [1.165, 1.54) is 99.1 Å². The van der Waals surface area contributed by atoms with E-state index in [1.54, 1.807) is 0 Å². The normalized spacial score (nSPS) is 12.4. The number of anilines is 6. The van der Waals surface area contributed by atoms with Gasteiger partial charge < -0.3 is 9.80 Å². The Bertz CT molecular complexity index is 3710. The lowest BCUT2D eigenvalue weighted by Crippen LogP contribution is -2.11. The Morgan fingerprint density at radius 1 is 0.195 bits per heavy atom. The number of benzene rings is 12. The van der Waals surface area contributed by atoms with Crippen LogP contribution in [0.2, 0.25) is 0 Å². The zero-order valence-corrected chi connectivity index (χ0v) is 50.0. The molecular formula is C80H76N2. The van der Waals surface area contributed by atoms with Crippen LogP contribution in [0.3, 0.4) is 0 Å². The highest BCUT2D eigenvalue weighted by Crippen LogP contribution is 2.48. The Balaban J connectivity index is 0.989. The van der Waals surface area contributed by atoms with Gasteiger partial charge in [0.05, 0.1) is 11.4 Å². The van der Waals surface area contributed by atoms with E-state index in [0.29, 0.717) is 0 Å². The molecule has 0 atom stereocenters. The second-order valence-corrected chi connectivity index (χ2v) is 26.8. The molecule has 2 nitrogen and oxygen atoms in total. The van der Waals surface area contributed by atoms with Gasteiger partial charge in [-0.05, 0) is 171 Å². The van der Waals surface area contributed by atoms with Crippen LogP contribution >= 0.6 is 0 Å². The number of nitrogens with zero attached hydrogens (tertiary/aromatic N) is 2. The maximum atomic E-state index is 2.45. The van der Waals surface area contributed by atoms with Gasteiger partial charge in [0.25, 0.3) is 0 Å². The van der Waals surface area contributed by atoms with Crippen molar-refractivity contribution in [2.24, 2.45) is 0 Å². The Labute approximate surface area is 487 Å². The van der Waals surface area contributed by atoms with Crippen LogP contribution in [0, 0.1) is 0 Å². The van der Waals surface area contributed by atoms with Crippen LogP contribution in [0.4, 0.5) is 34.1 Å². The second-order valence-electron chi connectivity index (χ2n) is 26.8. The molecule has 0 saturated carbocycles. The van der Waals surface area contributed by atoms with Crippen LogP contribution in [0.25, 0.3) is 76.8 Å². The average molecular weight is 1070 g/mol. The number of rotatable bonds is 10. The minimum atomic E-state index is 0.0922. The van der Waals surface area contributed by atoms with Crippen molar-refractivity contribution in [3.05, 3.63) is 265 Å². The quantitative estimate of drug-likeness (QED) is 0.126. The first-order valence-corrected chi connectivity index (χ1v) is 29.3. The lowest BCUT2D eigenvalue weighted by Gasteiger charge is -2.29. The Hall–Kier alpha value is -8.72. The molecule has 0 heterocycles. The van der Waals surface area contributed by atoms with Crippen molar-refractivity contribution in [2.45, 2.75) is 105 Å². The van der Waals surface area contributed by atoms with Crippen LogP contribution < -0.4 is 9.80 Å². The molecule has 0 unspecified atom stereocenters. The SMILES string of the molecule is CC(C)(C)c1ccc(-c2ccc(N(c3ccc(-c4ccc(C(C)(C)C)cc4)cc3)c3ccc4ccc5c(N(c6ccc(-c7ccc(C(C)(C)C)cc7)cc6)c6ccc(-c7ccc(C(C)(C)C)cc7)cc6)ccc6ccc3c4c65)cc2)cc1. The third-order valence-corrected chi connectivity index (χ3v) is 16.9. The van der Waals surface area contributed by atoms with E-state index < -0.39 is 0 Å². The fraction of sp³-hybridized carbons (Fsp3) is 0.200. The summed E-state index contributed by atoms with van der Waals surface area (Å²) in [7, 11) is 0. The van der Waals surface area contributed by atoms with Gasteiger partial charge in [-0.25, -0.2) is 0 Å². The molecule has 0 spiro atoms. The monoisotopic (exact) mass is 1060 g/mol. The zero-order valence-electron chi connectivity index (χ0n) is 50.0. The van der Waals surface area contributed by atoms with Gasteiger partial charge >= 0.3 is 0 Å². The molecule has 0 aliphatic carbocycles. The maximum absolute atomic E-state index is 2.45. The van der Waals surface area contributed by atoms with Gasteiger partial charge in [0, 0.05) is 33.5 Å². The smallest absolute Gasteiger partial charge is 0.0540 e. The summed E-state index contributed by atoms with van der Waals surface area (Å²) in [6, 6.07) is 91.5. The summed E-state index contributed by atoms with van der Waals surface area (Å²) >= 11 is 0. The summed E-state index contributed by atoms with van der Waals surface area (Å²) in [6.07, 6.45) is 0. The zero-order chi connectivity index (χ0) is 57.3. The maximum Gasteiger partial charge on any atom is 0.0540 e. The molecule has 0 fully saturated rings. The summed E-state index contributed by atoms with van der Waals surface area (Å²) < 4.78 is 0. The van der Waals surface area contributed by atoms with Crippen molar-refractivity contribution in [1.82, 2.24) is 0 Å². The summed E-state index contributed by atoms with van der Waals surface area (Å²) in [6.45, 7) is 27.3. The molecule has 0 saturated heterocycles. The third-order valence-electron chi connectivity index (χ3n) is 16.9. The molecule has 0 aromatic heterocycles. The molecule has 0 bridgehead atoms. The molecule has 0 amide bonds. The van der Waals surface area contributed by atoms with Crippen molar-refractivity contribution in [2.75, 3.05) is 9.80 Å². The molecule has 0 radical (unpaired) electrons. The molecule has 0 aliphatic heterocycles. The number of hydrogen-bond acceptors (Lipinski definition) is 2. The lowest BCUT2D eigenvalue weighted by atomic mass is 9.86. The van der Waals surface area contributed by atoms with E-state index in [2.05, 4.69) is 336 Å². The van der Waals surface area contributed by atoms with E-state index >= 15 is 0 Å². The van der Waals surface area contributed by atoms with Crippen LogP contribution in [-0.4, -0.2) is 0 Å². The molecule has 0 aliphatic rings. The first-order chi connectivity index (χ1) is 39.2. The summed E-state index contributed by atoms with van der Waals surface area (Å²) in [5, 5.41) is 7.35. The van der Waals surface area contributed by atoms with Crippen molar-refractivity contribution < 1.29 is 0 Å². The average Bonchev–Trinajstić information content (AvgIpc) is 2.82. The van der Waals surface area contributed by atoms with E-state index in [9.17, 15) is 0 Å². The Kier molecular flexibility index (Phi) is 13.6. The van der Waals surface area contributed by atoms with Gasteiger partial charge in [0.15, 0.2) is 0 Å². The van der Waals surface area contributed by atoms with Crippen LogP contribution in [0.15, 0.2) is 243 Å². The lowest BCUT2D eigenvalue weighted by molar-refractivity contribution is 0.590. The first-order valence-electron chi connectivity index (χ1n) is 29.3. The largest absolute Gasteiger partial charge is 0.310 e. The van der Waals surface area contributed by atoms with E-state index in [4.69, 9.17) is 0 Å². The Morgan fingerprint density at radius 3 is 0.573 bits per heavy atom. The fourth-order valence-corrected chi connectivity index (χ4v) is 11.9. The predicted molar refractivity (Wildman–Crippen MR) is 356 cm³/mol. The third kappa shape index (κ3) is 10.5. The summed E-state index contributed by atoms with van der Waals surface area (Å²) in [5.74, 6) is 0. The predicted octanol–water partition coefficient (Wildman–Crippen LogP) is 23.4. The minimum absolute atomic E-state index is 0.0922. The molecule has 0 N–H and O–H groups in total. The van der Waals surface area contributed by atoms with Crippen LogP contribution in [0.5, 0.6) is 0 Å². The van der Waals surface area contributed by atoms with Gasteiger partial charge in [-0.2, -0.15) is 0 Å². The van der Waals surface area contributed by atoms with Gasteiger partial charge in [-0.3, -0.25) is 0 Å². The minimum Gasteiger partial charge on any atom is -0.310 e. The highest BCUT2D eigenvalue weighted by atomic mass is 15.1. The molecule has 406 valence electrons. The Morgan fingerprint density at radius 2 is 0.378 bits per heavy atom. The summed E-state index contributed by atoms with van der Waals surface area (Å²) in [4.78, 5) is 4.91. The number of hydrogen-bond donors (Lipinski definition) is 0. The van der Waals surface area contributed by atoms with Gasteiger partial charge in [-0.15, -0.1) is 0 Å². The molecular weight excluding hydrogens is 989 g/mol. The van der Waals surface area contributed by atoms with Gasteiger partial charge in [0.1, 0.15) is 0 Å². The van der Waals surface area contributed by atoms with Crippen molar-refractivity contribution in [3.63, 3.8) is 0 Å². The van der Waals surface area contributed by atoms with Crippen molar-refractivity contribution in [1.29, 1.82) is 0 Å². The van der Waals surface area contributed by atoms with E-state index in [-0.39, 0.29) is 21.7 Å². The highest BCUT2D eigenvalue weighted by molar-refractivity contribution is 6.28.